The summed E-state index contributed by atoms with van der Waals surface area (Å²) in [5, 5.41) is 12.0. The van der Waals surface area contributed by atoms with Crippen molar-refractivity contribution in [1.82, 2.24) is 0 Å². The summed E-state index contributed by atoms with van der Waals surface area (Å²) in [6.45, 7) is 4.28. The number of carbonyl (C=O) groups is 1. The number of aliphatic carboxylic acids is 1. The zero-order valence-electron chi connectivity index (χ0n) is 16.9. The van der Waals surface area contributed by atoms with Gasteiger partial charge in [0.05, 0.1) is 0 Å². The molecule has 0 atom stereocenters. The van der Waals surface area contributed by atoms with Crippen LogP contribution in [0.3, 0.4) is 0 Å². The van der Waals surface area contributed by atoms with Crippen molar-refractivity contribution in [2.45, 2.75) is 33.3 Å². The summed E-state index contributed by atoms with van der Waals surface area (Å²) in [7, 11) is 0. The van der Waals surface area contributed by atoms with E-state index < -0.39 is 11.6 Å². The van der Waals surface area contributed by atoms with E-state index in [2.05, 4.69) is 31.2 Å². The van der Waals surface area contributed by atoms with Gasteiger partial charge in [-0.25, -0.2) is 4.79 Å². The van der Waals surface area contributed by atoms with E-state index in [0.717, 1.165) is 32.8 Å². The Morgan fingerprint density at radius 1 is 1.00 bits per heavy atom. The number of aryl methyl sites for hydroxylation is 2. The normalized spacial score (nSPS) is 11.1. The summed E-state index contributed by atoms with van der Waals surface area (Å²) in [6.07, 6.45) is 0.0424. The molecule has 4 rings (SSSR count). The van der Waals surface area contributed by atoms with E-state index in [1.165, 1.54) is 0 Å². The lowest BCUT2D eigenvalue weighted by molar-refractivity contribution is -0.136. The van der Waals surface area contributed by atoms with Crippen LogP contribution < -0.4 is 10.4 Å². The first-order valence-electron chi connectivity index (χ1n) is 9.82. The Kier molecular flexibility index (Phi) is 5.27. The number of hydrogen-bond donors (Lipinski definition) is 1. The minimum absolute atomic E-state index is 0.108. The van der Waals surface area contributed by atoms with E-state index >= 15 is 0 Å². The highest BCUT2D eigenvalue weighted by molar-refractivity contribution is 5.86. The summed E-state index contributed by atoms with van der Waals surface area (Å²) in [5.74, 6) is -0.336. The minimum atomic E-state index is -0.943. The lowest BCUT2D eigenvalue weighted by Crippen LogP contribution is -2.12. The second kappa shape index (κ2) is 8.03. The summed E-state index contributed by atoms with van der Waals surface area (Å²) in [6, 6.07) is 17.8. The molecule has 0 radical (unpaired) electrons. The van der Waals surface area contributed by atoms with Crippen molar-refractivity contribution >= 4 is 27.7 Å². The Labute approximate surface area is 173 Å². The Morgan fingerprint density at radius 2 is 1.80 bits per heavy atom. The van der Waals surface area contributed by atoms with Gasteiger partial charge in [-0.05, 0) is 54.3 Å². The predicted octanol–water partition coefficient (Wildman–Crippen LogP) is 5.16. The van der Waals surface area contributed by atoms with Crippen LogP contribution in [-0.2, 0) is 17.8 Å². The van der Waals surface area contributed by atoms with Crippen molar-refractivity contribution in [2.24, 2.45) is 0 Å². The third-order valence-corrected chi connectivity index (χ3v) is 5.51. The molecule has 4 aromatic rings. The molecule has 5 heteroatoms. The lowest BCUT2D eigenvalue weighted by Gasteiger charge is -2.13. The maximum absolute atomic E-state index is 12.3. The predicted molar refractivity (Wildman–Crippen MR) is 116 cm³/mol. The van der Waals surface area contributed by atoms with Crippen molar-refractivity contribution < 1.29 is 19.1 Å². The average molecular weight is 402 g/mol. The molecule has 30 heavy (non-hydrogen) atoms. The van der Waals surface area contributed by atoms with Crippen molar-refractivity contribution in [1.29, 1.82) is 0 Å². The second-order valence-corrected chi connectivity index (χ2v) is 7.42. The monoisotopic (exact) mass is 402 g/mol. The summed E-state index contributed by atoms with van der Waals surface area (Å²) >= 11 is 0. The van der Waals surface area contributed by atoms with Gasteiger partial charge in [0.2, 0.25) is 0 Å². The van der Waals surface area contributed by atoms with Gasteiger partial charge in [-0.15, -0.1) is 0 Å². The smallest absolute Gasteiger partial charge is 0.339 e. The van der Waals surface area contributed by atoms with E-state index in [0.29, 0.717) is 23.5 Å². The molecule has 1 heterocycles. The van der Waals surface area contributed by atoms with Gasteiger partial charge in [-0.3, -0.25) is 4.79 Å². The third kappa shape index (κ3) is 3.79. The molecule has 1 aromatic heterocycles. The van der Waals surface area contributed by atoms with E-state index in [-0.39, 0.29) is 12.8 Å². The molecule has 0 amide bonds. The third-order valence-electron chi connectivity index (χ3n) is 5.51. The zero-order valence-corrected chi connectivity index (χ0v) is 16.9. The van der Waals surface area contributed by atoms with Crippen molar-refractivity contribution in [3.05, 3.63) is 87.3 Å². The Hall–Kier alpha value is -3.60. The van der Waals surface area contributed by atoms with E-state index in [4.69, 9.17) is 14.3 Å². The van der Waals surface area contributed by atoms with Gasteiger partial charge in [0, 0.05) is 29.0 Å². The van der Waals surface area contributed by atoms with Crippen LogP contribution in [-0.4, -0.2) is 11.1 Å². The fourth-order valence-corrected chi connectivity index (χ4v) is 3.78. The quantitative estimate of drug-likeness (QED) is 0.451. The minimum Gasteiger partial charge on any atom is -0.489 e. The van der Waals surface area contributed by atoms with E-state index in [9.17, 15) is 9.59 Å². The van der Waals surface area contributed by atoms with Gasteiger partial charge >= 0.3 is 11.6 Å². The number of fused-ring (bicyclic) bond motifs is 2. The Bertz CT molecular complexity index is 1320. The second-order valence-electron chi connectivity index (χ2n) is 7.42. The maximum atomic E-state index is 12.3. The van der Waals surface area contributed by atoms with Crippen LogP contribution in [0.5, 0.6) is 5.75 Å². The molecule has 0 aliphatic rings. The van der Waals surface area contributed by atoms with Crippen LogP contribution in [0.15, 0.2) is 63.8 Å². The molecular weight excluding hydrogens is 380 g/mol. The van der Waals surface area contributed by atoms with Crippen LogP contribution in [0.1, 0.15) is 28.7 Å². The fourth-order valence-electron chi connectivity index (χ4n) is 3.78. The molecule has 0 bridgehead atoms. The molecule has 0 unspecified atom stereocenters. The van der Waals surface area contributed by atoms with Crippen LogP contribution >= 0.6 is 0 Å². The topological polar surface area (TPSA) is 76.7 Å². The van der Waals surface area contributed by atoms with Crippen LogP contribution in [0.2, 0.25) is 0 Å². The van der Waals surface area contributed by atoms with E-state index in [1.54, 1.807) is 6.07 Å². The first kappa shape index (κ1) is 19.7. The number of rotatable bonds is 6. The highest BCUT2D eigenvalue weighted by Gasteiger charge is 2.14. The SMILES string of the molecule is Cc1ccc2ccccc2c1COc1ccc2c(C)c(CCC(=O)O)c(=O)oc2c1. The van der Waals surface area contributed by atoms with Gasteiger partial charge in [0.1, 0.15) is 17.9 Å². The summed E-state index contributed by atoms with van der Waals surface area (Å²) in [5.41, 5.74) is 3.37. The van der Waals surface area contributed by atoms with Crippen molar-refractivity contribution in [2.75, 3.05) is 0 Å². The largest absolute Gasteiger partial charge is 0.489 e. The van der Waals surface area contributed by atoms with Crippen LogP contribution in [0, 0.1) is 13.8 Å². The van der Waals surface area contributed by atoms with Gasteiger partial charge in [0.25, 0.3) is 0 Å². The Morgan fingerprint density at radius 3 is 2.60 bits per heavy atom. The number of carboxylic acids is 1. The van der Waals surface area contributed by atoms with Crippen molar-refractivity contribution in [3.63, 3.8) is 0 Å². The first-order valence-corrected chi connectivity index (χ1v) is 9.82. The molecule has 3 aromatic carbocycles. The molecule has 1 N–H and O–H groups in total. The molecular formula is C25H22O5. The number of carboxylic acid groups (broad SMARTS) is 1. The van der Waals surface area contributed by atoms with Crippen LogP contribution in [0.25, 0.3) is 21.7 Å². The number of hydrogen-bond acceptors (Lipinski definition) is 4. The van der Waals surface area contributed by atoms with Gasteiger partial charge < -0.3 is 14.3 Å². The Balaban J connectivity index is 1.64. The highest BCUT2D eigenvalue weighted by atomic mass is 16.5. The molecule has 0 spiro atoms. The molecule has 0 saturated carbocycles. The molecule has 0 aliphatic carbocycles. The first-order chi connectivity index (χ1) is 14.4. The van der Waals surface area contributed by atoms with Crippen molar-refractivity contribution in [3.8, 4) is 5.75 Å². The fraction of sp³-hybridized carbons (Fsp3) is 0.200. The van der Waals surface area contributed by atoms with Gasteiger partial charge in [0.15, 0.2) is 0 Å². The summed E-state index contributed by atoms with van der Waals surface area (Å²) < 4.78 is 11.5. The zero-order chi connectivity index (χ0) is 21.3. The summed E-state index contributed by atoms with van der Waals surface area (Å²) in [4.78, 5) is 23.2. The molecule has 0 saturated heterocycles. The van der Waals surface area contributed by atoms with Gasteiger partial charge in [-0.2, -0.15) is 0 Å². The number of ether oxygens (including phenoxy) is 1. The highest BCUT2D eigenvalue weighted by Crippen LogP contribution is 2.27. The standard InChI is InChI=1S/C25H22O5/c1-15-7-8-17-5-3-4-6-21(17)22(15)14-29-18-9-10-19-16(2)20(11-12-24(26)27)25(28)30-23(19)13-18/h3-10,13H,11-12,14H2,1-2H3,(H,26,27). The van der Waals surface area contributed by atoms with Crippen LogP contribution in [0.4, 0.5) is 0 Å². The molecule has 5 nitrogen and oxygen atoms in total. The average Bonchev–Trinajstić information content (AvgIpc) is 2.72. The molecule has 0 aliphatic heterocycles. The van der Waals surface area contributed by atoms with Gasteiger partial charge in [-0.1, -0.05) is 36.4 Å². The van der Waals surface area contributed by atoms with E-state index in [1.807, 2.05) is 31.2 Å². The molecule has 152 valence electrons. The maximum Gasteiger partial charge on any atom is 0.339 e. The lowest BCUT2D eigenvalue weighted by atomic mass is 10.0. The number of benzene rings is 3. The molecule has 0 fully saturated rings.